The molecule has 5 nitrogen and oxygen atoms in total. The molecule has 0 radical (unpaired) electrons. The largest absolute Gasteiger partial charge is 0.396 e. The summed E-state index contributed by atoms with van der Waals surface area (Å²) in [5.74, 6) is 0.572. The predicted octanol–water partition coefficient (Wildman–Crippen LogP) is 1.37. The normalized spacial score (nSPS) is 25.7. The first-order valence-electron chi connectivity index (χ1n) is 7.79. The van der Waals surface area contributed by atoms with Gasteiger partial charge in [0.25, 0.3) is 0 Å². The molecule has 120 valence electrons. The lowest BCUT2D eigenvalue weighted by Crippen LogP contribution is -2.36. The number of nitrogens with zero attached hydrogens (tertiary/aromatic N) is 2. The molecule has 2 aliphatic rings. The number of benzene rings is 1. The zero-order valence-electron chi connectivity index (χ0n) is 12.5. The number of aliphatic hydroxyl groups excluding tert-OH is 1. The molecule has 6 heteroatoms. The maximum absolute atomic E-state index is 11.6. The van der Waals surface area contributed by atoms with E-state index in [2.05, 4.69) is 10.2 Å². The summed E-state index contributed by atoms with van der Waals surface area (Å²) in [6.07, 6.45) is 0. The number of amides is 2. The van der Waals surface area contributed by atoms with Crippen molar-refractivity contribution in [3.05, 3.63) is 34.9 Å². The van der Waals surface area contributed by atoms with Crippen molar-refractivity contribution in [3.63, 3.8) is 0 Å². The average molecular weight is 324 g/mol. The molecular weight excluding hydrogens is 302 g/mol. The second kappa shape index (κ2) is 6.86. The number of hydrogen-bond acceptors (Lipinski definition) is 3. The number of aliphatic hydroxyl groups is 1. The molecule has 22 heavy (non-hydrogen) atoms. The van der Waals surface area contributed by atoms with Gasteiger partial charge in [-0.15, -0.1) is 0 Å². The Labute approximate surface area is 135 Å². The van der Waals surface area contributed by atoms with Gasteiger partial charge in [0.1, 0.15) is 0 Å². The number of hydrogen-bond donors (Lipinski definition) is 2. The van der Waals surface area contributed by atoms with Crippen LogP contribution in [0.15, 0.2) is 24.3 Å². The summed E-state index contributed by atoms with van der Waals surface area (Å²) in [6, 6.07) is 7.94. The van der Waals surface area contributed by atoms with E-state index in [1.165, 1.54) is 5.56 Å². The van der Waals surface area contributed by atoms with Crippen molar-refractivity contribution in [2.75, 3.05) is 45.9 Å². The van der Waals surface area contributed by atoms with Crippen LogP contribution in [0.5, 0.6) is 0 Å². The van der Waals surface area contributed by atoms with Gasteiger partial charge >= 0.3 is 6.03 Å². The van der Waals surface area contributed by atoms with Crippen LogP contribution in [0, 0.1) is 5.92 Å². The van der Waals surface area contributed by atoms with Gasteiger partial charge in [-0.2, -0.15) is 0 Å². The van der Waals surface area contributed by atoms with E-state index in [1.807, 2.05) is 29.2 Å². The molecule has 0 spiro atoms. The topological polar surface area (TPSA) is 55.8 Å². The standard InChI is InChI=1S/C16H22ClN3O2/c17-14-3-1-12(2-4-14)15-10-19(9-13(15)11-21)7-8-20-6-5-18-16(20)22/h1-4,13,15,21H,5-11H2,(H,18,22)/t13-,15-/m0/s1. The van der Waals surface area contributed by atoms with Gasteiger partial charge in [-0.05, 0) is 17.7 Å². The van der Waals surface area contributed by atoms with Crippen molar-refractivity contribution in [1.29, 1.82) is 0 Å². The first-order chi connectivity index (χ1) is 10.7. The van der Waals surface area contributed by atoms with Crippen LogP contribution in [-0.4, -0.2) is 66.8 Å². The monoisotopic (exact) mass is 323 g/mol. The van der Waals surface area contributed by atoms with Gasteiger partial charge in [0.05, 0.1) is 0 Å². The maximum Gasteiger partial charge on any atom is 0.317 e. The van der Waals surface area contributed by atoms with Crippen molar-refractivity contribution < 1.29 is 9.90 Å². The molecule has 0 aliphatic carbocycles. The second-order valence-electron chi connectivity index (χ2n) is 6.08. The number of halogens is 1. The molecule has 2 heterocycles. The number of nitrogens with one attached hydrogen (secondary N) is 1. The number of rotatable bonds is 5. The minimum absolute atomic E-state index is 0.0344. The van der Waals surface area contributed by atoms with Gasteiger partial charge in [-0.1, -0.05) is 23.7 Å². The summed E-state index contributed by atoms with van der Waals surface area (Å²) in [6.45, 7) is 5.11. The minimum Gasteiger partial charge on any atom is -0.396 e. The van der Waals surface area contributed by atoms with Crippen LogP contribution in [0.25, 0.3) is 0 Å². The van der Waals surface area contributed by atoms with E-state index in [0.717, 1.165) is 44.3 Å². The Morgan fingerprint density at radius 1 is 1.23 bits per heavy atom. The third-order valence-electron chi connectivity index (χ3n) is 4.68. The summed E-state index contributed by atoms with van der Waals surface area (Å²) in [4.78, 5) is 15.8. The molecule has 2 fully saturated rings. The van der Waals surface area contributed by atoms with Crippen LogP contribution in [-0.2, 0) is 0 Å². The molecular formula is C16H22ClN3O2. The van der Waals surface area contributed by atoms with Gasteiger partial charge in [0.15, 0.2) is 0 Å². The van der Waals surface area contributed by atoms with Crippen LogP contribution in [0.4, 0.5) is 4.79 Å². The molecule has 2 atom stereocenters. The highest BCUT2D eigenvalue weighted by atomic mass is 35.5. The first-order valence-corrected chi connectivity index (χ1v) is 8.16. The van der Waals surface area contributed by atoms with Crippen molar-refractivity contribution >= 4 is 17.6 Å². The Balaban J connectivity index is 1.59. The maximum atomic E-state index is 11.6. The number of urea groups is 1. The zero-order valence-corrected chi connectivity index (χ0v) is 13.3. The lowest BCUT2D eigenvalue weighted by Gasteiger charge is -2.20. The molecule has 3 rings (SSSR count). The Bertz CT molecular complexity index is 523. The van der Waals surface area contributed by atoms with E-state index in [1.54, 1.807) is 0 Å². The highest BCUT2D eigenvalue weighted by Gasteiger charge is 2.33. The van der Waals surface area contributed by atoms with Gasteiger partial charge in [0, 0.05) is 62.7 Å². The number of carbonyl (C=O) groups is 1. The van der Waals surface area contributed by atoms with E-state index < -0.39 is 0 Å². The van der Waals surface area contributed by atoms with Gasteiger partial charge in [-0.3, -0.25) is 0 Å². The molecule has 1 aromatic rings. The van der Waals surface area contributed by atoms with Crippen LogP contribution in [0.1, 0.15) is 11.5 Å². The first kappa shape index (κ1) is 15.6. The third-order valence-corrected chi connectivity index (χ3v) is 4.93. The van der Waals surface area contributed by atoms with E-state index >= 15 is 0 Å². The van der Waals surface area contributed by atoms with Crippen LogP contribution >= 0.6 is 11.6 Å². The highest BCUT2D eigenvalue weighted by molar-refractivity contribution is 6.30. The zero-order chi connectivity index (χ0) is 15.5. The van der Waals surface area contributed by atoms with Gasteiger partial charge < -0.3 is 20.2 Å². The van der Waals surface area contributed by atoms with Gasteiger partial charge in [0.2, 0.25) is 0 Å². The van der Waals surface area contributed by atoms with Crippen molar-refractivity contribution in [2.24, 2.45) is 5.92 Å². The smallest absolute Gasteiger partial charge is 0.317 e. The van der Waals surface area contributed by atoms with Crippen molar-refractivity contribution in [3.8, 4) is 0 Å². The third kappa shape index (κ3) is 3.37. The quantitative estimate of drug-likeness (QED) is 0.860. The van der Waals surface area contributed by atoms with E-state index in [0.29, 0.717) is 5.92 Å². The Morgan fingerprint density at radius 3 is 2.64 bits per heavy atom. The summed E-state index contributed by atoms with van der Waals surface area (Å²) in [7, 11) is 0. The summed E-state index contributed by atoms with van der Waals surface area (Å²) in [5.41, 5.74) is 1.23. The molecule has 2 aliphatic heterocycles. The Morgan fingerprint density at radius 2 is 2.00 bits per heavy atom. The molecule has 2 saturated heterocycles. The van der Waals surface area contributed by atoms with E-state index in [9.17, 15) is 9.90 Å². The predicted molar refractivity (Wildman–Crippen MR) is 86.2 cm³/mol. The fraction of sp³-hybridized carbons (Fsp3) is 0.562. The SMILES string of the molecule is O=C1NCCN1CCN1C[C@@H](CO)[C@H](c2ccc(Cl)cc2)C1. The van der Waals surface area contributed by atoms with E-state index in [4.69, 9.17) is 11.6 Å². The molecule has 2 N–H and O–H groups in total. The fourth-order valence-electron chi connectivity index (χ4n) is 3.40. The summed E-state index contributed by atoms with van der Waals surface area (Å²) < 4.78 is 0. The molecule has 0 unspecified atom stereocenters. The molecule has 2 amide bonds. The van der Waals surface area contributed by atoms with Gasteiger partial charge in [-0.25, -0.2) is 4.79 Å². The Hall–Kier alpha value is -1.30. The summed E-state index contributed by atoms with van der Waals surface area (Å²) in [5, 5.41) is 13.2. The lowest BCUT2D eigenvalue weighted by atomic mass is 9.90. The molecule has 1 aromatic carbocycles. The van der Waals surface area contributed by atoms with Crippen LogP contribution in [0.2, 0.25) is 5.02 Å². The Kier molecular flexibility index (Phi) is 4.86. The van der Waals surface area contributed by atoms with Crippen LogP contribution in [0.3, 0.4) is 0 Å². The fourth-order valence-corrected chi connectivity index (χ4v) is 3.53. The minimum atomic E-state index is 0.0344. The molecule has 0 aromatic heterocycles. The molecule has 0 saturated carbocycles. The number of carbonyl (C=O) groups excluding carboxylic acids is 1. The average Bonchev–Trinajstić information content (AvgIpc) is 3.12. The second-order valence-corrected chi connectivity index (χ2v) is 6.52. The lowest BCUT2D eigenvalue weighted by molar-refractivity contribution is 0.199. The van der Waals surface area contributed by atoms with Crippen molar-refractivity contribution in [2.45, 2.75) is 5.92 Å². The van der Waals surface area contributed by atoms with Crippen LogP contribution < -0.4 is 5.32 Å². The van der Waals surface area contributed by atoms with E-state index in [-0.39, 0.29) is 18.6 Å². The number of likely N-dealkylation sites (tertiary alicyclic amines) is 1. The molecule has 0 bridgehead atoms. The van der Waals surface area contributed by atoms with Crippen molar-refractivity contribution in [1.82, 2.24) is 15.1 Å². The summed E-state index contributed by atoms with van der Waals surface area (Å²) >= 11 is 5.95. The highest BCUT2D eigenvalue weighted by Crippen LogP contribution is 2.32.